The van der Waals surface area contributed by atoms with Gasteiger partial charge in [-0.15, -0.1) is 0 Å². The summed E-state index contributed by atoms with van der Waals surface area (Å²) in [6.45, 7) is 0. The Bertz CT molecular complexity index is 481. The van der Waals surface area contributed by atoms with E-state index in [4.69, 9.17) is 15.8 Å². The van der Waals surface area contributed by atoms with Crippen molar-refractivity contribution in [2.45, 2.75) is 11.1 Å². The van der Waals surface area contributed by atoms with Crippen LogP contribution in [0.25, 0.3) is 0 Å². The van der Waals surface area contributed by atoms with Gasteiger partial charge in [-0.05, 0) is 12.1 Å². The summed E-state index contributed by atoms with van der Waals surface area (Å²) in [4.78, 5) is -1.32. The molecular weight excluding hydrogens is 257 g/mol. The minimum atomic E-state index is -4.89. The van der Waals surface area contributed by atoms with E-state index in [-0.39, 0.29) is 0 Å². The summed E-state index contributed by atoms with van der Waals surface area (Å²) in [5.41, 5.74) is -1.49. The van der Waals surface area contributed by atoms with Crippen molar-refractivity contribution in [3.8, 4) is 5.75 Å². The van der Waals surface area contributed by atoms with Crippen molar-refractivity contribution in [3.63, 3.8) is 0 Å². The van der Waals surface area contributed by atoms with E-state index in [9.17, 15) is 21.6 Å². The van der Waals surface area contributed by atoms with Gasteiger partial charge in [-0.2, -0.15) is 13.2 Å². The lowest BCUT2D eigenvalue weighted by molar-refractivity contribution is -0.140. The summed E-state index contributed by atoms with van der Waals surface area (Å²) in [5.74, 6) is -1.03. The van der Waals surface area contributed by atoms with E-state index >= 15 is 0 Å². The minimum absolute atomic E-state index is 0.523. The van der Waals surface area contributed by atoms with Gasteiger partial charge in [-0.25, -0.2) is 8.42 Å². The number of halogens is 4. The molecule has 0 saturated heterocycles. The van der Waals surface area contributed by atoms with Crippen LogP contribution in [0.5, 0.6) is 5.75 Å². The molecule has 1 aromatic carbocycles. The molecule has 1 rings (SSSR count). The molecule has 0 aliphatic rings. The summed E-state index contributed by atoms with van der Waals surface area (Å²) in [6.07, 6.45) is -4.89. The number of rotatable bonds is 1. The highest BCUT2D eigenvalue weighted by Gasteiger charge is 2.38. The fraction of sp³-hybridized carbons (Fsp3) is 0.143. The molecule has 0 amide bonds. The van der Waals surface area contributed by atoms with Crippen LogP contribution in [0.1, 0.15) is 5.56 Å². The van der Waals surface area contributed by atoms with Crippen molar-refractivity contribution in [3.05, 3.63) is 23.8 Å². The van der Waals surface area contributed by atoms with Gasteiger partial charge in [0.15, 0.2) is 0 Å². The van der Waals surface area contributed by atoms with Crippen LogP contribution in [-0.4, -0.2) is 13.5 Å². The van der Waals surface area contributed by atoms with Crippen molar-refractivity contribution in [1.82, 2.24) is 0 Å². The first-order chi connectivity index (χ1) is 6.64. The standard InChI is InChI=1S/C7H4ClF3O3S/c8-15(13,14)6-4(7(9,10)11)2-1-3-5(6)12/h1-3,12H. The second-order valence-electron chi connectivity index (χ2n) is 2.59. The normalized spacial score (nSPS) is 12.8. The third kappa shape index (κ3) is 2.54. The molecular formula is C7H4ClF3O3S. The molecule has 0 radical (unpaired) electrons. The molecule has 0 aromatic heterocycles. The van der Waals surface area contributed by atoms with Crippen LogP contribution >= 0.6 is 10.7 Å². The number of phenolic OH excluding ortho intramolecular Hbond substituents is 1. The van der Waals surface area contributed by atoms with E-state index in [2.05, 4.69) is 0 Å². The topological polar surface area (TPSA) is 54.4 Å². The molecule has 0 spiro atoms. The average molecular weight is 261 g/mol. The van der Waals surface area contributed by atoms with Gasteiger partial charge in [0.1, 0.15) is 10.6 Å². The Labute approximate surface area is 87.5 Å². The van der Waals surface area contributed by atoms with Gasteiger partial charge in [0.05, 0.1) is 5.56 Å². The van der Waals surface area contributed by atoms with E-state index < -0.39 is 31.4 Å². The molecule has 15 heavy (non-hydrogen) atoms. The van der Waals surface area contributed by atoms with Gasteiger partial charge >= 0.3 is 6.18 Å². The second-order valence-corrected chi connectivity index (χ2v) is 5.09. The van der Waals surface area contributed by atoms with Crippen LogP contribution in [0.3, 0.4) is 0 Å². The van der Waals surface area contributed by atoms with Gasteiger partial charge < -0.3 is 5.11 Å². The second kappa shape index (κ2) is 3.57. The Morgan fingerprint density at radius 2 is 1.80 bits per heavy atom. The predicted molar refractivity (Wildman–Crippen MR) is 46.1 cm³/mol. The molecule has 1 aromatic rings. The quantitative estimate of drug-likeness (QED) is 0.789. The first kappa shape index (κ1) is 12.1. The molecule has 0 aliphatic carbocycles. The predicted octanol–water partition coefficient (Wildman–Crippen LogP) is 2.34. The molecule has 8 heteroatoms. The van der Waals surface area contributed by atoms with Gasteiger partial charge in [-0.3, -0.25) is 0 Å². The highest BCUT2D eigenvalue weighted by molar-refractivity contribution is 8.13. The summed E-state index contributed by atoms with van der Waals surface area (Å²) in [7, 11) is 0.142. The molecule has 0 heterocycles. The molecule has 0 saturated carbocycles. The van der Waals surface area contributed by atoms with Crippen molar-refractivity contribution in [1.29, 1.82) is 0 Å². The lowest BCUT2D eigenvalue weighted by atomic mass is 10.2. The van der Waals surface area contributed by atoms with E-state index in [0.717, 1.165) is 12.1 Å². The maximum Gasteiger partial charge on any atom is 0.417 e. The number of alkyl halides is 3. The van der Waals surface area contributed by atoms with Crippen LogP contribution in [0.4, 0.5) is 13.2 Å². The zero-order chi connectivity index (χ0) is 11.9. The third-order valence-electron chi connectivity index (χ3n) is 1.54. The molecule has 0 unspecified atom stereocenters. The summed E-state index contributed by atoms with van der Waals surface area (Å²) < 4.78 is 58.6. The summed E-state index contributed by atoms with van der Waals surface area (Å²) >= 11 is 0. The van der Waals surface area contributed by atoms with E-state index in [1.807, 2.05) is 0 Å². The SMILES string of the molecule is O=S(=O)(Cl)c1c(O)cccc1C(F)(F)F. The van der Waals surface area contributed by atoms with Crippen LogP contribution in [0.15, 0.2) is 23.1 Å². The largest absolute Gasteiger partial charge is 0.507 e. The minimum Gasteiger partial charge on any atom is -0.507 e. The lowest BCUT2D eigenvalue weighted by Gasteiger charge is -2.11. The van der Waals surface area contributed by atoms with Crippen molar-refractivity contribution in [2.75, 3.05) is 0 Å². The molecule has 0 fully saturated rings. The van der Waals surface area contributed by atoms with Crippen LogP contribution in [-0.2, 0) is 15.2 Å². The molecule has 0 aliphatic heterocycles. The van der Waals surface area contributed by atoms with Gasteiger partial charge in [0.25, 0.3) is 9.05 Å². The number of hydrogen-bond acceptors (Lipinski definition) is 3. The number of benzene rings is 1. The monoisotopic (exact) mass is 260 g/mol. The first-order valence-corrected chi connectivity index (χ1v) is 5.79. The summed E-state index contributed by atoms with van der Waals surface area (Å²) in [5, 5.41) is 9.03. The molecule has 84 valence electrons. The van der Waals surface area contributed by atoms with Crippen molar-refractivity contribution < 1.29 is 26.7 Å². The van der Waals surface area contributed by atoms with Crippen molar-refractivity contribution in [2.24, 2.45) is 0 Å². The lowest BCUT2D eigenvalue weighted by Crippen LogP contribution is -2.10. The van der Waals surface area contributed by atoms with E-state index in [0.29, 0.717) is 6.07 Å². The van der Waals surface area contributed by atoms with Crippen molar-refractivity contribution >= 4 is 19.7 Å². The van der Waals surface area contributed by atoms with E-state index in [1.54, 1.807) is 0 Å². The van der Waals surface area contributed by atoms with E-state index in [1.165, 1.54) is 0 Å². The highest BCUT2D eigenvalue weighted by atomic mass is 35.7. The highest BCUT2D eigenvalue weighted by Crippen LogP contribution is 2.39. The fourth-order valence-electron chi connectivity index (χ4n) is 1.00. The Morgan fingerprint density at radius 1 is 1.27 bits per heavy atom. The first-order valence-electron chi connectivity index (χ1n) is 3.48. The molecule has 1 N–H and O–H groups in total. The van der Waals surface area contributed by atoms with Crippen LogP contribution in [0, 0.1) is 0 Å². The van der Waals surface area contributed by atoms with Gasteiger partial charge in [0, 0.05) is 10.7 Å². The third-order valence-corrected chi connectivity index (χ3v) is 2.92. The summed E-state index contributed by atoms with van der Waals surface area (Å²) in [6, 6.07) is 2.21. The van der Waals surface area contributed by atoms with Crippen LogP contribution in [0.2, 0.25) is 0 Å². The maximum atomic E-state index is 12.3. The Balaban J connectivity index is 3.63. The number of aromatic hydroxyl groups is 1. The smallest absolute Gasteiger partial charge is 0.417 e. The van der Waals surface area contributed by atoms with Gasteiger partial charge in [0.2, 0.25) is 0 Å². The molecule has 3 nitrogen and oxygen atoms in total. The zero-order valence-corrected chi connectivity index (χ0v) is 8.49. The van der Waals surface area contributed by atoms with Gasteiger partial charge in [-0.1, -0.05) is 6.07 Å². The molecule has 0 bridgehead atoms. The fourth-order valence-corrected chi connectivity index (χ4v) is 2.26. The number of phenols is 1. The average Bonchev–Trinajstić information content (AvgIpc) is 1.99. The zero-order valence-electron chi connectivity index (χ0n) is 6.92. The molecule has 0 atom stereocenters. The Hall–Kier alpha value is -0.950. The Kier molecular flexibility index (Phi) is 2.88. The maximum absolute atomic E-state index is 12.3. The number of hydrogen-bond donors (Lipinski definition) is 1. The van der Waals surface area contributed by atoms with Crippen LogP contribution < -0.4 is 0 Å². The Morgan fingerprint density at radius 3 is 2.13 bits per heavy atom.